The molecule has 7 nitrogen and oxygen atoms in total. The number of fused-ring (bicyclic) bond motifs is 1. The Morgan fingerprint density at radius 1 is 1.11 bits per heavy atom. The predicted molar refractivity (Wildman–Crippen MR) is 118 cm³/mol. The SMILES string of the molecule is N#CC1NN(S(=O)(=O)c2cccc(C(F)(F)F)c2)c2cc(NC(=O)c3c(F)cccc3Cl)ccc21. The molecule has 2 N–H and O–H groups in total. The summed E-state index contributed by atoms with van der Waals surface area (Å²) in [6.07, 6.45) is -4.78. The number of carbonyl (C=O) groups is 1. The average Bonchev–Trinajstić information content (AvgIpc) is 3.17. The van der Waals surface area contributed by atoms with Gasteiger partial charge in [-0.2, -0.15) is 36.7 Å². The average molecular weight is 525 g/mol. The quantitative estimate of drug-likeness (QED) is 0.466. The summed E-state index contributed by atoms with van der Waals surface area (Å²) in [4.78, 5) is 11.9. The topological polar surface area (TPSA) is 102 Å². The van der Waals surface area contributed by atoms with E-state index in [9.17, 15) is 36.0 Å². The number of nitriles is 1. The number of benzene rings is 3. The molecule has 0 fully saturated rings. The molecule has 1 heterocycles. The molecule has 0 aliphatic carbocycles. The summed E-state index contributed by atoms with van der Waals surface area (Å²) >= 11 is 5.90. The molecule has 4 rings (SSSR count). The summed E-state index contributed by atoms with van der Waals surface area (Å²) in [5.74, 6) is -1.79. The summed E-state index contributed by atoms with van der Waals surface area (Å²) in [6.45, 7) is 0. The van der Waals surface area contributed by atoms with E-state index < -0.39 is 50.0 Å². The highest BCUT2D eigenvalue weighted by atomic mass is 35.5. The standard InChI is InChI=1S/C22H13ClF4N4O3S/c23-16-5-2-6-17(24)20(16)21(32)29-13-7-8-15-18(11-28)30-31(19(15)10-13)35(33,34)14-4-1-3-12(9-14)22(25,26)27/h1-10,18,30H,(H,29,32). The van der Waals surface area contributed by atoms with Gasteiger partial charge in [-0.25, -0.2) is 4.39 Å². The van der Waals surface area contributed by atoms with Gasteiger partial charge in [-0.1, -0.05) is 29.8 Å². The van der Waals surface area contributed by atoms with E-state index in [4.69, 9.17) is 11.6 Å². The lowest BCUT2D eigenvalue weighted by Gasteiger charge is -2.21. The zero-order valence-corrected chi connectivity index (χ0v) is 18.8. The van der Waals surface area contributed by atoms with Gasteiger partial charge in [0.2, 0.25) is 0 Å². The van der Waals surface area contributed by atoms with E-state index in [1.165, 1.54) is 30.3 Å². The van der Waals surface area contributed by atoms with Crippen molar-refractivity contribution >= 4 is 38.9 Å². The minimum atomic E-state index is -4.78. The smallest absolute Gasteiger partial charge is 0.322 e. The molecule has 1 unspecified atom stereocenters. The maximum atomic E-state index is 14.1. The van der Waals surface area contributed by atoms with Crippen LogP contribution < -0.4 is 15.2 Å². The zero-order chi connectivity index (χ0) is 25.5. The summed E-state index contributed by atoms with van der Waals surface area (Å²) < 4.78 is 80.4. The first-order valence-corrected chi connectivity index (χ1v) is 11.5. The van der Waals surface area contributed by atoms with Gasteiger partial charge < -0.3 is 5.32 Å². The van der Waals surface area contributed by atoms with E-state index in [1.54, 1.807) is 0 Å². The highest BCUT2D eigenvalue weighted by molar-refractivity contribution is 7.92. The molecule has 3 aromatic carbocycles. The third-order valence-corrected chi connectivity index (χ3v) is 7.03. The molecule has 13 heteroatoms. The molecule has 35 heavy (non-hydrogen) atoms. The van der Waals surface area contributed by atoms with Gasteiger partial charge in [0.25, 0.3) is 15.9 Å². The van der Waals surface area contributed by atoms with Crippen molar-refractivity contribution in [3.63, 3.8) is 0 Å². The first-order chi connectivity index (χ1) is 16.4. The molecule has 180 valence electrons. The molecule has 0 aromatic heterocycles. The highest BCUT2D eigenvalue weighted by Gasteiger charge is 2.38. The Balaban J connectivity index is 1.73. The number of hydrogen-bond donors (Lipinski definition) is 2. The number of amides is 1. The molecule has 1 aliphatic rings. The Labute approximate surface area is 201 Å². The van der Waals surface area contributed by atoms with E-state index in [1.807, 2.05) is 6.07 Å². The Morgan fingerprint density at radius 2 is 1.83 bits per heavy atom. The molecular formula is C22H13ClF4N4O3S. The van der Waals surface area contributed by atoms with Crippen molar-refractivity contribution < 1.29 is 30.8 Å². The summed E-state index contributed by atoms with van der Waals surface area (Å²) in [6, 6.07) is 11.4. The van der Waals surface area contributed by atoms with Crippen LogP contribution in [0.5, 0.6) is 0 Å². The molecule has 0 saturated heterocycles. The lowest BCUT2D eigenvalue weighted by molar-refractivity contribution is -0.137. The number of sulfonamides is 1. The van der Waals surface area contributed by atoms with Gasteiger partial charge in [0.05, 0.1) is 32.8 Å². The third-order valence-electron chi connectivity index (χ3n) is 5.08. The van der Waals surface area contributed by atoms with Crippen LogP contribution in [-0.4, -0.2) is 14.3 Å². The highest BCUT2D eigenvalue weighted by Crippen LogP contribution is 2.39. The van der Waals surface area contributed by atoms with Crippen LogP contribution in [0.3, 0.4) is 0 Å². The van der Waals surface area contributed by atoms with Crippen LogP contribution in [0.25, 0.3) is 0 Å². The van der Waals surface area contributed by atoms with E-state index in [0.29, 0.717) is 10.5 Å². The second-order valence-electron chi connectivity index (χ2n) is 7.31. The monoisotopic (exact) mass is 524 g/mol. The first-order valence-electron chi connectivity index (χ1n) is 9.71. The number of carbonyl (C=O) groups excluding carboxylic acids is 1. The molecule has 3 aromatic rings. The third kappa shape index (κ3) is 4.53. The van der Waals surface area contributed by atoms with Gasteiger partial charge >= 0.3 is 6.18 Å². The molecule has 1 aliphatic heterocycles. The number of rotatable bonds is 4. The number of anilines is 2. The Kier molecular flexibility index (Phi) is 6.18. The zero-order valence-electron chi connectivity index (χ0n) is 17.3. The van der Waals surface area contributed by atoms with Gasteiger partial charge in [0, 0.05) is 11.3 Å². The normalized spacial score (nSPS) is 15.4. The molecule has 0 radical (unpaired) electrons. The Bertz CT molecular complexity index is 1470. The summed E-state index contributed by atoms with van der Waals surface area (Å²) in [5.41, 5.74) is 0.959. The number of hydrogen-bond acceptors (Lipinski definition) is 5. The van der Waals surface area contributed by atoms with Crippen molar-refractivity contribution in [3.8, 4) is 6.07 Å². The van der Waals surface area contributed by atoms with Gasteiger partial charge in [0.15, 0.2) is 0 Å². The minimum Gasteiger partial charge on any atom is -0.322 e. The van der Waals surface area contributed by atoms with Crippen LogP contribution in [0, 0.1) is 17.1 Å². The van der Waals surface area contributed by atoms with Crippen LogP contribution in [0.15, 0.2) is 65.6 Å². The van der Waals surface area contributed by atoms with Crippen LogP contribution in [0.4, 0.5) is 28.9 Å². The van der Waals surface area contributed by atoms with Crippen LogP contribution in [-0.2, 0) is 16.2 Å². The largest absolute Gasteiger partial charge is 0.416 e. The Morgan fingerprint density at radius 3 is 2.49 bits per heavy atom. The second kappa shape index (κ2) is 8.84. The van der Waals surface area contributed by atoms with Crippen molar-refractivity contribution in [1.29, 1.82) is 5.26 Å². The first kappa shape index (κ1) is 24.5. The fourth-order valence-electron chi connectivity index (χ4n) is 3.44. The van der Waals surface area contributed by atoms with Gasteiger partial charge in [0.1, 0.15) is 11.9 Å². The van der Waals surface area contributed by atoms with Crippen molar-refractivity contribution in [2.24, 2.45) is 0 Å². The van der Waals surface area contributed by atoms with E-state index >= 15 is 0 Å². The predicted octanol–water partition coefficient (Wildman–Crippen LogP) is 5.03. The molecule has 0 spiro atoms. The minimum absolute atomic E-state index is 0.0256. The number of halogens is 5. The number of nitrogens with one attached hydrogen (secondary N) is 2. The maximum Gasteiger partial charge on any atom is 0.416 e. The molecule has 0 saturated carbocycles. The van der Waals surface area contributed by atoms with Gasteiger partial charge in [-0.3, -0.25) is 4.79 Å². The van der Waals surface area contributed by atoms with Gasteiger partial charge in [-0.15, -0.1) is 0 Å². The van der Waals surface area contributed by atoms with E-state index in [0.717, 1.165) is 24.3 Å². The van der Waals surface area contributed by atoms with Crippen molar-refractivity contribution in [1.82, 2.24) is 5.43 Å². The number of nitrogens with zero attached hydrogens (tertiary/aromatic N) is 2. The molecule has 1 atom stereocenters. The van der Waals surface area contributed by atoms with E-state index in [2.05, 4.69) is 10.7 Å². The summed E-state index contributed by atoms with van der Waals surface area (Å²) in [7, 11) is -4.61. The van der Waals surface area contributed by atoms with Crippen molar-refractivity contribution in [2.45, 2.75) is 17.1 Å². The molecule has 0 bridgehead atoms. The van der Waals surface area contributed by atoms with Crippen molar-refractivity contribution in [2.75, 3.05) is 9.73 Å². The lowest BCUT2D eigenvalue weighted by Crippen LogP contribution is -2.39. The van der Waals surface area contributed by atoms with Gasteiger partial charge in [-0.05, 0) is 42.5 Å². The number of hydrazine groups is 1. The Hall–Kier alpha value is -3.66. The molecule has 1 amide bonds. The maximum absolute atomic E-state index is 14.1. The fraction of sp³-hybridized carbons (Fsp3) is 0.0909. The lowest BCUT2D eigenvalue weighted by atomic mass is 10.1. The molecular weight excluding hydrogens is 512 g/mol. The second-order valence-corrected chi connectivity index (χ2v) is 9.50. The van der Waals surface area contributed by atoms with Crippen LogP contribution in [0.1, 0.15) is 27.5 Å². The summed E-state index contributed by atoms with van der Waals surface area (Å²) in [5, 5.41) is 11.7. The van der Waals surface area contributed by atoms with Crippen LogP contribution in [0.2, 0.25) is 5.02 Å². The fourth-order valence-corrected chi connectivity index (χ4v) is 5.09. The van der Waals surface area contributed by atoms with Crippen LogP contribution >= 0.6 is 11.6 Å². The van der Waals surface area contributed by atoms with E-state index in [-0.39, 0.29) is 22.0 Å². The van der Waals surface area contributed by atoms with Crippen molar-refractivity contribution in [3.05, 3.63) is 88.2 Å². The number of alkyl halides is 3.